The molecule has 1 aliphatic heterocycles. The molecular formula is C15H23ClN2O. The average molecular weight is 283 g/mol. The molecule has 1 fully saturated rings. The lowest BCUT2D eigenvalue weighted by Gasteiger charge is -2.35. The minimum Gasteiger partial charge on any atom is -0.384 e. The van der Waals surface area contributed by atoms with Crippen LogP contribution in [0.2, 0.25) is 5.02 Å². The number of methoxy groups -OCH3 is 1. The first kappa shape index (κ1) is 14.6. The van der Waals surface area contributed by atoms with E-state index in [9.17, 15) is 0 Å². The Labute approximate surface area is 120 Å². The first-order valence-corrected chi connectivity index (χ1v) is 7.30. The molecule has 0 unspecified atom stereocenters. The molecule has 0 amide bonds. The van der Waals surface area contributed by atoms with Gasteiger partial charge >= 0.3 is 0 Å². The number of piperidine rings is 1. The molecule has 0 saturated carbocycles. The van der Waals surface area contributed by atoms with Crippen molar-refractivity contribution >= 4 is 17.3 Å². The third-order valence-electron chi connectivity index (χ3n) is 3.77. The summed E-state index contributed by atoms with van der Waals surface area (Å²) in [7, 11) is 3.75. The number of ether oxygens (including phenoxy) is 1. The van der Waals surface area contributed by atoms with E-state index in [2.05, 4.69) is 16.3 Å². The standard InChI is InChI=1S/C15H23ClN2O/c1-17-10-13-4-3-5-14(16)15(13)18-8-6-12(7-9-18)11-19-2/h3-5,12,17H,6-11H2,1-2H3. The normalized spacial score (nSPS) is 16.9. The highest BCUT2D eigenvalue weighted by Gasteiger charge is 2.22. The molecule has 1 aliphatic rings. The molecular weight excluding hydrogens is 260 g/mol. The smallest absolute Gasteiger partial charge is 0.0642 e. The number of hydrogen-bond acceptors (Lipinski definition) is 3. The summed E-state index contributed by atoms with van der Waals surface area (Å²) in [6.45, 7) is 3.86. The van der Waals surface area contributed by atoms with Crippen molar-refractivity contribution < 1.29 is 4.74 Å². The van der Waals surface area contributed by atoms with Gasteiger partial charge in [-0.15, -0.1) is 0 Å². The van der Waals surface area contributed by atoms with Crippen LogP contribution < -0.4 is 10.2 Å². The summed E-state index contributed by atoms with van der Waals surface area (Å²) in [6, 6.07) is 6.16. The maximum Gasteiger partial charge on any atom is 0.0642 e. The minimum absolute atomic E-state index is 0.691. The van der Waals surface area contributed by atoms with E-state index >= 15 is 0 Å². The summed E-state index contributed by atoms with van der Waals surface area (Å²) in [5.41, 5.74) is 2.48. The zero-order chi connectivity index (χ0) is 13.7. The number of benzene rings is 1. The van der Waals surface area contributed by atoms with E-state index in [1.54, 1.807) is 7.11 Å². The van der Waals surface area contributed by atoms with Crippen LogP contribution >= 0.6 is 11.6 Å². The second-order valence-corrected chi connectivity index (χ2v) is 5.57. The highest BCUT2D eigenvalue weighted by molar-refractivity contribution is 6.33. The van der Waals surface area contributed by atoms with Gasteiger partial charge in [-0.25, -0.2) is 0 Å². The fraction of sp³-hybridized carbons (Fsp3) is 0.600. The van der Waals surface area contributed by atoms with Gasteiger partial charge in [0.25, 0.3) is 0 Å². The predicted molar refractivity (Wildman–Crippen MR) is 81.0 cm³/mol. The molecule has 1 heterocycles. The third kappa shape index (κ3) is 3.62. The molecule has 1 aromatic rings. The Hall–Kier alpha value is -0.770. The Morgan fingerprint density at radius 2 is 2.11 bits per heavy atom. The largest absolute Gasteiger partial charge is 0.384 e. The van der Waals surface area contributed by atoms with Crippen LogP contribution in [0.1, 0.15) is 18.4 Å². The van der Waals surface area contributed by atoms with Gasteiger partial charge in [0.05, 0.1) is 10.7 Å². The van der Waals surface area contributed by atoms with Gasteiger partial charge < -0.3 is 15.0 Å². The molecule has 3 nitrogen and oxygen atoms in total. The van der Waals surface area contributed by atoms with Crippen molar-refractivity contribution in [2.75, 3.05) is 38.8 Å². The Morgan fingerprint density at radius 3 is 2.74 bits per heavy atom. The van der Waals surface area contributed by atoms with Gasteiger partial charge in [-0.2, -0.15) is 0 Å². The van der Waals surface area contributed by atoms with E-state index in [1.807, 2.05) is 19.2 Å². The summed E-state index contributed by atoms with van der Waals surface area (Å²) < 4.78 is 5.25. The third-order valence-corrected chi connectivity index (χ3v) is 4.08. The number of para-hydroxylation sites is 1. The number of nitrogens with zero attached hydrogens (tertiary/aromatic N) is 1. The highest BCUT2D eigenvalue weighted by Crippen LogP contribution is 2.33. The fourth-order valence-corrected chi connectivity index (χ4v) is 3.12. The summed E-state index contributed by atoms with van der Waals surface area (Å²) in [6.07, 6.45) is 2.36. The number of anilines is 1. The van der Waals surface area contributed by atoms with E-state index in [1.165, 1.54) is 24.1 Å². The number of rotatable bonds is 5. The predicted octanol–water partition coefficient (Wildman–Crippen LogP) is 2.92. The second kappa shape index (κ2) is 7.13. The number of hydrogen-bond donors (Lipinski definition) is 1. The minimum atomic E-state index is 0.691. The number of halogens is 1. The SMILES string of the molecule is CNCc1cccc(Cl)c1N1CCC(COC)CC1. The topological polar surface area (TPSA) is 24.5 Å². The van der Waals surface area contributed by atoms with Crippen LogP contribution in [0.25, 0.3) is 0 Å². The lowest BCUT2D eigenvalue weighted by Crippen LogP contribution is -2.36. The molecule has 4 heteroatoms. The van der Waals surface area contributed by atoms with Gasteiger partial charge in [0.2, 0.25) is 0 Å². The van der Waals surface area contributed by atoms with Crippen molar-refractivity contribution in [2.45, 2.75) is 19.4 Å². The first-order chi connectivity index (χ1) is 9.26. The highest BCUT2D eigenvalue weighted by atomic mass is 35.5. The van der Waals surface area contributed by atoms with Gasteiger partial charge in [0.1, 0.15) is 0 Å². The Kier molecular flexibility index (Phi) is 5.49. The Bertz CT molecular complexity index is 403. The van der Waals surface area contributed by atoms with E-state index < -0.39 is 0 Å². The second-order valence-electron chi connectivity index (χ2n) is 5.16. The van der Waals surface area contributed by atoms with Crippen LogP contribution in [0.5, 0.6) is 0 Å². The van der Waals surface area contributed by atoms with Crippen LogP contribution in [0, 0.1) is 5.92 Å². The van der Waals surface area contributed by atoms with E-state index in [0.717, 1.165) is 31.3 Å². The van der Waals surface area contributed by atoms with E-state index in [-0.39, 0.29) is 0 Å². The lowest BCUT2D eigenvalue weighted by atomic mass is 9.96. The van der Waals surface area contributed by atoms with Crippen molar-refractivity contribution in [1.82, 2.24) is 5.32 Å². The molecule has 1 saturated heterocycles. The van der Waals surface area contributed by atoms with Gasteiger partial charge in [-0.05, 0) is 37.4 Å². The van der Waals surface area contributed by atoms with Crippen LogP contribution in [0.4, 0.5) is 5.69 Å². The molecule has 0 aliphatic carbocycles. The molecule has 0 aromatic heterocycles. The zero-order valence-corrected chi connectivity index (χ0v) is 12.5. The Morgan fingerprint density at radius 1 is 1.37 bits per heavy atom. The van der Waals surface area contributed by atoms with Gasteiger partial charge in [0, 0.05) is 33.4 Å². The molecule has 106 valence electrons. The molecule has 0 bridgehead atoms. The van der Waals surface area contributed by atoms with E-state index in [4.69, 9.17) is 16.3 Å². The quantitative estimate of drug-likeness (QED) is 0.899. The lowest BCUT2D eigenvalue weighted by molar-refractivity contribution is 0.139. The van der Waals surface area contributed by atoms with Crippen molar-refractivity contribution in [3.8, 4) is 0 Å². The number of nitrogens with one attached hydrogen (secondary N) is 1. The molecule has 0 atom stereocenters. The molecule has 1 aromatic carbocycles. The fourth-order valence-electron chi connectivity index (χ4n) is 2.81. The van der Waals surface area contributed by atoms with E-state index in [0.29, 0.717) is 5.92 Å². The maximum absolute atomic E-state index is 6.40. The molecule has 0 spiro atoms. The zero-order valence-electron chi connectivity index (χ0n) is 11.8. The monoisotopic (exact) mass is 282 g/mol. The summed E-state index contributed by atoms with van der Waals surface area (Å²) in [5.74, 6) is 0.691. The van der Waals surface area contributed by atoms with Gasteiger partial charge in [0.15, 0.2) is 0 Å². The van der Waals surface area contributed by atoms with Gasteiger partial charge in [-0.1, -0.05) is 23.7 Å². The maximum atomic E-state index is 6.40. The van der Waals surface area contributed by atoms with Crippen LogP contribution in [-0.2, 0) is 11.3 Å². The summed E-state index contributed by atoms with van der Waals surface area (Å²) >= 11 is 6.40. The molecule has 0 radical (unpaired) electrons. The summed E-state index contributed by atoms with van der Waals surface area (Å²) in [5, 5.41) is 4.07. The van der Waals surface area contributed by atoms with Gasteiger partial charge in [-0.3, -0.25) is 0 Å². The molecule has 1 N–H and O–H groups in total. The molecule has 2 rings (SSSR count). The summed E-state index contributed by atoms with van der Waals surface area (Å²) in [4.78, 5) is 2.42. The van der Waals surface area contributed by atoms with Crippen molar-refractivity contribution in [1.29, 1.82) is 0 Å². The average Bonchev–Trinajstić information content (AvgIpc) is 2.41. The van der Waals surface area contributed by atoms with Crippen LogP contribution in [0.15, 0.2) is 18.2 Å². The van der Waals surface area contributed by atoms with Crippen LogP contribution in [-0.4, -0.2) is 33.9 Å². The van der Waals surface area contributed by atoms with Crippen molar-refractivity contribution in [2.24, 2.45) is 5.92 Å². The van der Waals surface area contributed by atoms with Crippen LogP contribution in [0.3, 0.4) is 0 Å². The van der Waals surface area contributed by atoms with Crippen molar-refractivity contribution in [3.63, 3.8) is 0 Å². The Balaban J connectivity index is 2.10. The molecule has 19 heavy (non-hydrogen) atoms. The first-order valence-electron chi connectivity index (χ1n) is 6.92. The van der Waals surface area contributed by atoms with Crippen molar-refractivity contribution in [3.05, 3.63) is 28.8 Å².